The average Bonchev–Trinajstić information content (AvgIpc) is 3.59. The van der Waals surface area contributed by atoms with Crippen LogP contribution in [0.15, 0.2) is 42.7 Å². The number of anilines is 1. The number of hydrogen-bond donors (Lipinski definition) is 2. The zero-order valence-corrected chi connectivity index (χ0v) is 22.2. The minimum atomic E-state index is -2.73. The third-order valence-electron chi connectivity index (χ3n) is 7.55. The molecule has 1 aromatic heterocycles. The zero-order valence-electron chi connectivity index (χ0n) is 21.4. The van der Waals surface area contributed by atoms with Crippen LogP contribution >= 0.6 is 11.5 Å². The van der Waals surface area contributed by atoms with Crippen molar-refractivity contribution < 1.29 is 27.5 Å². The Morgan fingerprint density at radius 1 is 1.21 bits per heavy atom. The highest BCUT2D eigenvalue weighted by molar-refractivity contribution is 7.05. The maximum Gasteiger partial charge on any atom is 0.321 e. The van der Waals surface area contributed by atoms with Crippen molar-refractivity contribution >= 4 is 29.2 Å². The Bertz CT molecular complexity index is 1370. The van der Waals surface area contributed by atoms with E-state index >= 15 is 0 Å². The van der Waals surface area contributed by atoms with Gasteiger partial charge in [-0.2, -0.15) is 4.37 Å². The molecule has 0 radical (unpaired) electrons. The Balaban J connectivity index is 1.36. The summed E-state index contributed by atoms with van der Waals surface area (Å²) < 4.78 is 51.6. The van der Waals surface area contributed by atoms with Gasteiger partial charge in [-0.25, -0.2) is 22.9 Å². The van der Waals surface area contributed by atoms with Gasteiger partial charge in [0.2, 0.25) is 5.91 Å². The number of aromatic nitrogens is 2. The Labute approximate surface area is 227 Å². The fourth-order valence-corrected chi connectivity index (χ4v) is 5.88. The molecule has 1 saturated heterocycles. The lowest BCUT2D eigenvalue weighted by molar-refractivity contribution is -0.130. The number of rotatable bonds is 7. The van der Waals surface area contributed by atoms with Crippen molar-refractivity contribution in [3.8, 4) is 5.75 Å². The van der Waals surface area contributed by atoms with Crippen LogP contribution in [-0.4, -0.2) is 52.4 Å². The van der Waals surface area contributed by atoms with Gasteiger partial charge in [0.05, 0.1) is 11.1 Å². The van der Waals surface area contributed by atoms with Crippen molar-refractivity contribution in [1.82, 2.24) is 19.6 Å². The number of benzene rings is 2. The van der Waals surface area contributed by atoms with Crippen LogP contribution in [0, 0.1) is 18.7 Å². The predicted octanol–water partition coefficient (Wildman–Crippen LogP) is 5.05. The first-order valence-electron chi connectivity index (χ1n) is 12.6. The Hall–Kier alpha value is -3.67. The van der Waals surface area contributed by atoms with Gasteiger partial charge in [-0.15, -0.1) is 0 Å². The number of aryl methyl sites for hydroxylation is 1. The van der Waals surface area contributed by atoms with E-state index < -0.39 is 17.9 Å². The van der Waals surface area contributed by atoms with Crippen molar-refractivity contribution in [3.05, 3.63) is 70.2 Å². The number of nitrogens with zero attached hydrogens (tertiary/aromatic N) is 3. The van der Waals surface area contributed by atoms with Crippen molar-refractivity contribution in [2.24, 2.45) is 5.92 Å². The summed E-state index contributed by atoms with van der Waals surface area (Å²) in [7, 11) is 1.57. The fraction of sp³-hybridized carbons (Fsp3) is 0.407. The molecule has 2 fully saturated rings. The molecule has 2 aliphatic rings. The summed E-state index contributed by atoms with van der Waals surface area (Å²) in [5, 5.41) is 6.02. The second-order valence-electron chi connectivity index (χ2n) is 9.97. The molecule has 0 bridgehead atoms. The number of halogens is 3. The summed E-state index contributed by atoms with van der Waals surface area (Å²) in [4.78, 5) is 31.2. The van der Waals surface area contributed by atoms with Gasteiger partial charge in [-0.1, -0.05) is 12.1 Å². The lowest BCUT2D eigenvalue weighted by atomic mass is 9.80. The fourth-order valence-electron chi connectivity index (χ4n) is 5.13. The van der Waals surface area contributed by atoms with E-state index in [2.05, 4.69) is 20.0 Å². The van der Waals surface area contributed by atoms with Crippen LogP contribution in [0.3, 0.4) is 0 Å². The summed E-state index contributed by atoms with van der Waals surface area (Å²) in [5.74, 6) is -0.330. The standard InChI is InChI=1S/C27H28F3N5O3S/c1-15-3-5-18(12-20(15)28)27(25-32-14-33-39-25)7-8-35(13-27)26(37)34-21-11-16(23(29)30)4-6-22(21)38-19-9-17(10-19)24(36)31-2/h3-6,11-12,14,17,19,23H,7-10,13H2,1-2H3,(H,31,36)(H,34,37). The first-order chi connectivity index (χ1) is 18.7. The number of carbonyl (C=O) groups excluding carboxylic acids is 2. The van der Waals surface area contributed by atoms with Gasteiger partial charge in [0.25, 0.3) is 6.43 Å². The third-order valence-corrected chi connectivity index (χ3v) is 8.42. The smallest absolute Gasteiger partial charge is 0.321 e. The first kappa shape index (κ1) is 26.9. The molecule has 39 heavy (non-hydrogen) atoms. The minimum absolute atomic E-state index is 0.0715. The maximum absolute atomic E-state index is 14.5. The zero-order chi connectivity index (χ0) is 27.7. The second kappa shape index (κ2) is 10.8. The lowest BCUT2D eigenvalue weighted by Crippen LogP contribution is -2.42. The molecule has 8 nitrogen and oxygen atoms in total. The van der Waals surface area contributed by atoms with E-state index in [4.69, 9.17) is 4.74 Å². The number of likely N-dealkylation sites (tertiary alicyclic amines) is 1. The van der Waals surface area contributed by atoms with Crippen molar-refractivity contribution in [2.75, 3.05) is 25.5 Å². The highest BCUT2D eigenvalue weighted by Gasteiger charge is 2.45. The molecule has 12 heteroatoms. The van der Waals surface area contributed by atoms with E-state index in [9.17, 15) is 22.8 Å². The number of amides is 3. The molecular weight excluding hydrogens is 531 g/mol. The van der Waals surface area contributed by atoms with Crippen LogP contribution in [0.25, 0.3) is 0 Å². The Morgan fingerprint density at radius 2 is 2.00 bits per heavy atom. The van der Waals surface area contributed by atoms with Crippen LogP contribution in [0.1, 0.15) is 47.4 Å². The average molecular weight is 560 g/mol. The number of carbonyl (C=O) groups is 2. The SMILES string of the molecule is CNC(=O)C1CC(Oc2ccc(C(F)F)cc2NC(=O)N2CCC(c3ccc(C)c(F)c3)(c3ncns3)C2)C1. The highest BCUT2D eigenvalue weighted by Crippen LogP contribution is 2.42. The summed E-state index contributed by atoms with van der Waals surface area (Å²) in [5.41, 5.74) is 0.318. The van der Waals surface area contributed by atoms with Crippen LogP contribution in [-0.2, 0) is 10.2 Å². The molecule has 1 saturated carbocycles. The van der Waals surface area contributed by atoms with Gasteiger partial charge in [-0.05, 0) is 73.1 Å². The Kier molecular flexibility index (Phi) is 7.48. The van der Waals surface area contributed by atoms with Gasteiger partial charge in [0.15, 0.2) is 0 Å². The lowest BCUT2D eigenvalue weighted by Gasteiger charge is -2.34. The molecular formula is C27H28F3N5O3S. The van der Waals surface area contributed by atoms with Gasteiger partial charge in [-0.3, -0.25) is 4.79 Å². The van der Waals surface area contributed by atoms with E-state index in [1.54, 1.807) is 24.9 Å². The predicted molar refractivity (Wildman–Crippen MR) is 140 cm³/mol. The first-order valence-corrected chi connectivity index (χ1v) is 13.4. The number of ether oxygens (including phenoxy) is 1. The molecule has 2 aromatic carbocycles. The van der Waals surface area contributed by atoms with E-state index in [1.165, 1.54) is 42.1 Å². The summed E-state index contributed by atoms with van der Waals surface area (Å²) >= 11 is 1.19. The van der Waals surface area contributed by atoms with Crippen molar-refractivity contribution in [3.63, 3.8) is 0 Å². The van der Waals surface area contributed by atoms with Gasteiger partial charge in [0.1, 0.15) is 29.0 Å². The van der Waals surface area contributed by atoms with E-state index in [1.807, 2.05) is 6.07 Å². The van der Waals surface area contributed by atoms with Gasteiger partial charge in [0, 0.05) is 31.6 Å². The summed E-state index contributed by atoms with van der Waals surface area (Å²) in [6.07, 6.45) is -0.0935. The van der Waals surface area contributed by atoms with Crippen LogP contribution in [0.5, 0.6) is 5.75 Å². The summed E-state index contributed by atoms with van der Waals surface area (Å²) in [6.45, 7) is 2.22. The molecule has 2 N–H and O–H groups in total. The number of urea groups is 1. The van der Waals surface area contributed by atoms with Gasteiger partial charge < -0.3 is 20.3 Å². The molecule has 1 aliphatic carbocycles. The van der Waals surface area contributed by atoms with E-state index in [0.717, 1.165) is 0 Å². The molecule has 1 aliphatic heterocycles. The van der Waals surface area contributed by atoms with Crippen molar-refractivity contribution in [2.45, 2.75) is 44.1 Å². The topological polar surface area (TPSA) is 96.5 Å². The van der Waals surface area contributed by atoms with E-state index in [-0.39, 0.29) is 47.3 Å². The quantitative estimate of drug-likeness (QED) is 0.422. The van der Waals surface area contributed by atoms with Crippen LogP contribution in [0.2, 0.25) is 0 Å². The number of nitrogens with one attached hydrogen (secondary N) is 2. The normalized spacial score (nSPS) is 22.5. The molecule has 206 valence electrons. The molecule has 3 aromatic rings. The second-order valence-corrected chi connectivity index (χ2v) is 10.8. The molecule has 1 unspecified atom stereocenters. The highest BCUT2D eigenvalue weighted by atomic mass is 32.1. The van der Waals surface area contributed by atoms with Gasteiger partial charge >= 0.3 is 6.03 Å². The van der Waals surface area contributed by atoms with E-state index in [0.29, 0.717) is 41.9 Å². The third kappa shape index (κ3) is 5.29. The van der Waals surface area contributed by atoms with Crippen LogP contribution < -0.4 is 15.4 Å². The Morgan fingerprint density at radius 3 is 2.67 bits per heavy atom. The largest absolute Gasteiger partial charge is 0.488 e. The number of hydrogen-bond acceptors (Lipinski definition) is 6. The summed E-state index contributed by atoms with van der Waals surface area (Å²) in [6, 6.07) is 8.38. The minimum Gasteiger partial charge on any atom is -0.488 e. The van der Waals surface area contributed by atoms with Crippen molar-refractivity contribution in [1.29, 1.82) is 0 Å². The molecule has 3 amide bonds. The molecule has 1 atom stereocenters. The molecule has 2 heterocycles. The maximum atomic E-state index is 14.5. The van der Waals surface area contributed by atoms with Crippen LogP contribution in [0.4, 0.5) is 23.7 Å². The molecule has 0 spiro atoms. The molecule has 5 rings (SSSR count). The monoisotopic (exact) mass is 559 g/mol. The number of alkyl halides is 2.